The van der Waals surface area contributed by atoms with E-state index in [4.69, 9.17) is 0 Å². The molecule has 25 heavy (non-hydrogen) atoms. The molecule has 0 saturated heterocycles. The minimum absolute atomic E-state index is 0.0954. The second-order valence-corrected chi connectivity index (χ2v) is 6.07. The standard InChI is InChI=1S/C22H22N2O/c1-18-10-8-9-15-21(18)23-22(25)24(16-19-11-4-2-5-12-19)17-20-13-6-3-7-14-20/h2-15H,16-17H2,1H3,(H,23,25). The molecule has 3 heteroatoms. The van der Waals surface area contributed by atoms with Crippen molar-refractivity contribution in [2.24, 2.45) is 0 Å². The molecule has 0 aliphatic rings. The molecule has 2 amide bonds. The van der Waals surface area contributed by atoms with Gasteiger partial charge in [0.25, 0.3) is 0 Å². The molecule has 0 unspecified atom stereocenters. The molecule has 0 atom stereocenters. The van der Waals surface area contributed by atoms with Crippen molar-refractivity contribution in [1.82, 2.24) is 4.90 Å². The topological polar surface area (TPSA) is 32.3 Å². The third-order valence-corrected chi connectivity index (χ3v) is 4.11. The monoisotopic (exact) mass is 330 g/mol. The van der Waals surface area contributed by atoms with Gasteiger partial charge < -0.3 is 10.2 Å². The summed E-state index contributed by atoms with van der Waals surface area (Å²) < 4.78 is 0. The van der Waals surface area contributed by atoms with Crippen molar-refractivity contribution in [1.29, 1.82) is 0 Å². The molecule has 3 rings (SSSR count). The van der Waals surface area contributed by atoms with Gasteiger partial charge in [-0.25, -0.2) is 4.79 Å². The van der Waals surface area contributed by atoms with Crippen molar-refractivity contribution in [3.05, 3.63) is 102 Å². The Bertz CT molecular complexity index is 774. The number of aryl methyl sites for hydroxylation is 1. The van der Waals surface area contributed by atoms with Gasteiger partial charge >= 0.3 is 6.03 Å². The average molecular weight is 330 g/mol. The third-order valence-electron chi connectivity index (χ3n) is 4.11. The molecule has 3 aromatic rings. The van der Waals surface area contributed by atoms with E-state index in [2.05, 4.69) is 5.32 Å². The molecule has 3 aromatic carbocycles. The lowest BCUT2D eigenvalue weighted by Crippen LogP contribution is -2.34. The molecule has 0 radical (unpaired) electrons. The Balaban J connectivity index is 1.79. The SMILES string of the molecule is Cc1ccccc1NC(=O)N(Cc1ccccc1)Cc1ccccc1. The fourth-order valence-corrected chi connectivity index (χ4v) is 2.71. The van der Waals surface area contributed by atoms with Gasteiger partial charge in [0.1, 0.15) is 0 Å². The van der Waals surface area contributed by atoms with Gasteiger partial charge in [0.2, 0.25) is 0 Å². The lowest BCUT2D eigenvalue weighted by molar-refractivity contribution is 0.206. The summed E-state index contributed by atoms with van der Waals surface area (Å²) in [5.74, 6) is 0. The molecule has 126 valence electrons. The average Bonchev–Trinajstić information content (AvgIpc) is 2.65. The smallest absolute Gasteiger partial charge is 0.316 e. The van der Waals surface area contributed by atoms with Gasteiger partial charge in [-0.15, -0.1) is 0 Å². The van der Waals surface area contributed by atoms with Crippen LogP contribution in [0.25, 0.3) is 0 Å². The molecule has 3 nitrogen and oxygen atoms in total. The second-order valence-electron chi connectivity index (χ2n) is 6.07. The van der Waals surface area contributed by atoms with Crippen LogP contribution in [0.3, 0.4) is 0 Å². The Morgan fingerprint density at radius 1 is 0.760 bits per heavy atom. The van der Waals surface area contributed by atoms with Crippen molar-refractivity contribution in [3.63, 3.8) is 0 Å². The normalized spacial score (nSPS) is 10.3. The van der Waals surface area contributed by atoms with E-state index in [1.807, 2.05) is 96.8 Å². The van der Waals surface area contributed by atoms with Crippen LogP contribution in [0.15, 0.2) is 84.9 Å². The highest BCUT2D eigenvalue weighted by atomic mass is 16.2. The minimum atomic E-state index is -0.0954. The minimum Gasteiger partial charge on any atom is -0.316 e. The number of rotatable bonds is 5. The number of anilines is 1. The van der Waals surface area contributed by atoms with Gasteiger partial charge in [0, 0.05) is 18.8 Å². The predicted octanol–water partition coefficient (Wildman–Crippen LogP) is 5.23. The van der Waals surface area contributed by atoms with Crippen molar-refractivity contribution in [3.8, 4) is 0 Å². The van der Waals surface area contributed by atoms with Crippen molar-refractivity contribution >= 4 is 11.7 Å². The van der Waals surface area contributed by atoms with Crippen molar-refractivity contribution in [2.75, 3.05) is 5.32 Å². The first-order valence-corrected chi connectivity index (χ1v) is 8.42. The lowest BCUT2D eigenvalue weighted by atomic mass is 10.1. The molecule has 0 spiro atoms. The number of amides is 2. The zero-order valence-corrected chi connectivity index (χ0v) is 14.4. The maximum Gasteiger partial charge on any atom is 0.322 e. The van der Waals surface area contributed by atoms with E-state index in [1.54, 1.807) is 0 Å². The lowest BCUT2D eigenvalue weighted by Gasteiger charge is -2.24. The summed E-state index contributed by atoms with van der Waals surface area (Å²) in [4.78, 5) is 14.7. The molecule has 0 aromatic heterocycles. The summed E-state index contributed by atoms with van der Waals surface area (Å²) in [5.41, 5.74) is 4.12. The van der Waals surface area contributed by atoms with E-state index in [1.165, 1.54) is 0 Å². The maximum absolute atomic E-state index is 12.9. The highest BCUT2D eigenvalue weighted by molar-refractivity contribution is 5.90. The predicted molar refractivity (Wildman–Crippen MR) is 102 cm³/mol. The van der Waals surface area contributed by atoms with Gasteiger partial charge in [-0.1, -0.05) is 78.9 Å². The molecule has 0 fully saturated rings. The molecular weight excluding hydrogens is 308 g/mol. The summed E-state index contributed by atoms with van der Waals surface area (Å²) in [6.45, 7) is 3.12. The van der Waals surface area contributed by atoms with Crippen LogP contribution in [-0.2, 0) is 13.1 Å². The number of benzene rings is 3. The van der Waals surface area contributed by atoms with E-state index in [0.717, 1.165) is 22.4 Å². The Morgan fingerprint density at radius 2 is 1.24 bits per heavy atom. The molecule has 1 N–H and O–H groups in total. The van der Waals surface area contributed by atoms with E-state index in [9.17, 15) is 4.79 Å². The fourth-order valence-electron chi connectivity index (χ4n) is 2.71. The van der Waals surface area contributed by atoms with E-state index in [-0.39, 0.29) is 6.03 Å². The number of nitrogens with one attached hydrogen (secondary N) is 1. The van der Waals surface area contributed by atoms with Crippen LogP contribution in [0.2, 0.25) is 0 Å². The molecule has 0 aliphatic heterocycles. The largest absolute Gasteiger partial charge is 0.322 e. The van der Waals surface area contributed by atoms with Gasteiger partial charge in [-0.3, -0.25) is 0 Å². The summed E-state index contributed by atoms with van der Waals surface area (Å²) in [5, 5.41) is 3.04. The van der Waals surface area contributed by atoms with Crippen LogP contribution in [-0.4, -0.2) is 10.9 Å². The van der Waals surface area contributed by atoms with E-state index in [0.29, 0.717) is 13.1 Å². The number of nitrogens with zero attached hydrogens (tertiary/aromatic N) is 1. The number of para-hydroxylation sites is 1. The second kappa shape index (κ2) is 8.15. The maximum atomic E-state index is 12.9. The molecule has 0 bridgehead atoms. The zero-order valence-electron chi connectivity index (χ0n) is 14.4. The number of hydrogen-bond donors (Lipinski definition) is 1. The number of hydrogen-bond acceptors (Lipinski definition) is 1. The van der Waals surface area contributed by atoms with Crippen LogP contribution < -0.4 is 5.32 Å². The van der Waals surface area contributed by atoms with Crippen LogP contribution in [0, 0.1) is 6.92 Å². The van der Waals surface area contributed by atoms with Gasteiger partial charge in [0.15, 0.2) is 0 Å². The van der Waals surface area contributed by atoms with Crippen LogP contribution in [0.5, 0.6) is 0 Å². The van der Waals surface area contributed by atoms with Crippen molar-refractivity contribution in [2.45, 2.75) is 20.0 Å². The number of carbonyl (C=O) groups excluding carboxylic acids is 1. The van der Waals surface area contributed by atoms with Crippen LogP contribution in [0.1, 0.15) is 16.7 Å². The first kappa shape index (κ1) is 16.8. The third kappa shape index (κ3) is 4.70. The Kier molecular flexibility index (Phi) is 5.47. The first-order valence-electron chi connectivity index (χ1n) is 8.42. The zero-order chi connectivity index (χ0) is 17.5. The quantitative estimate of drug-likeness (QED) is 0.682. The Labute approximate surface area is 148 Å². The number of urea groups is 1. The summed E-state index contributed by atoms with van der Waals surface area (Å²) in [6, 6.07) is 27.8. The van der Waals surface area contributed by atoms with Gasteiger partial charge in [-0.2, -0.15) is 0 Å². The van der Waals surface area contributed by atoms with E-state index < -0.39 is 0 Å². The van der Waals surface area contributed by atoms with Gasteiger partial charge in [0.05, 0.1) is 0 Å². The van der Waals surface area contributed by atoms with Crippen LogP contribution in [0.4, 0.5) is 10.5 Å². The Morgan fingerprint density at radius 3 is 1.76 bits per heavy atom. The molecular formula is C22H22N2O. The Hall–Kier alpha value is -3.07. The number of carbonyl (C=O) groups is 1. The summed E-state index contributed by atoms with van der Waals surface area (Å²) in [6.07, 6.45) is 0. The first-order chi connectivity index (χ1) is 12.2. The summed E-state index contributed by atoms with van der Waals surface area (Å²) >= 11 is 0. The van der Waals surface area contributed by atoms with Gasteiger partial charge in [-0.05, 0) is 29.7 Å². The highest BCUT2D eigenvalue weighted by Crippen LogP contribution is 2.16. The molecule has 0 aliphatic carbocycles. The van der Waals surface area contributed by atoms with Crippen molar-refractivity contribution < 1.29 is 4.79 Å². The highest BCUT2D eigenvalue weighted by Gasteiger charge is 2.15. The summed E-state index contributed by atoms with van der Waals surface area (Å²) in [7, 11) is 0. The van der Waals surface area contributed by atoms with Crippen LogP contribution >= 0.6 is 0 Å². The molecule has 0 heterocycles. The fraction of sp³-hybridized carbons (Fsp3) is 0.136. The molecule has 0 saturated carbocycles. The van der Waals surface area contributed by atoms with E-state index >= 15 is 0 Å².